The number of halogens is 1. The zero-order valence-corrected chi connectivity index (χ0v) is 15.5. The van der Waals surface area contributed by atoms with Gasteiger partial charge in [-0.3, -0.25) is 9.69 Å². The Morgan fingerprint density at radius 1 is 1.04 bits per heavy atom. The number of hydrogen-bond donors (Lipinski definition) is 1. The van der Waals surface area contributed by atoms with E-state index in [1.165, 1.54) is 51.5 Å². The first kappa shape index (κ1) is 19.0. The van der Waals surface area contributed by atoms with Gasteiger partial charge in [0.2, 0.25) is 5.91 Å². The summed E-state index contributed by atoms with van der Waals surface area (Å²) in [5.41, 5.74) is 0. The van der Waals surface area contributed by atoms with Crippen LogP contribution < -0.4 is 5.32 Å². The number of carbonyl (C=O) groups excluding carboxylic acids is 1. The number of hydrogen-bond acceptors (Lipinski definition) is 3. The lowest BCUT2D eigenvalue weighted by Crippen LogP contribution is -2.50. The Balaban J connectivity index is 0.00000192. The third-order valence-electron chi connectivity index (χ3n) is 5.76. The number of nitrogens with one attached hydrogen (secondary N) is 1. The van der Waals surface area contributed by atoms with E-state index in [0.717, 1.165) is 32.0 Å². The smallest absolute Gasteiger partial charge is 0.236 e. The second-order valence-corrected chi connectivity index (χ2v) is 7.55. The Bertz CT molecular complexity index is 367. The van der Waals surface area contributed by atoms with Crippen LogP contribution in [-0.2, 0) is 4.79 Å². The lowest BCUT2D eigenvalue weighted by molar-refractivity contribution is -0.136. The first-order chi connectivity index (χ1) is 10.8. The van der Waals surface area contributed by atoms with Crippen molar-refractivity contribution in [2.24, 2.45) is 5.92 Å². The minimum Gasteiger partial charge on any atom is -0.339 e. The van der Waals surface area contributed by atoms with E-state index < -0.39 is 0 Å². The molecule has 1 amide bonds. The molecule has 2 saturated heterocycles. The number of carbonyl (C=O) groups is 1. The molecule has 4 nitrogen and oxygen atoms in total. The minimum atomic E-state index is 0. The number of nitrogens with zero attached hydrogens (tertiary/aromatic N) is 2. The summed E-state index contributed by atoms with van der Waals surface area (Å²) in [5, 5.41) is 3.71. The number of likely N-dealkylation sites (tertiary alicyclic amines) is 2. The molecule has 1 aliphatic carbocycles. The van der Waals surface area contributed by atoms with Gasteiger partial charge in [-0.25, -0.2) is 0 Å². The SMILES string of the molecule is CCC1CCCCN1C(=O)CN1CCC(NCC2CC2)CC1.Cl. The maximum atomic E-state index is 12.6. The van der Waals surface area contributed by atoms with Crippen LogP contribution in [-0.4, -0.2) is 60.5 Å². The average molecular weight is 344 g/mol. The van der Waals surface area contributed by atoms with E-state index in [1.54, 1.807) is 0 Å². The van der Waals surface area contributed by atoms with Crippen LogP contribution in [0.15, 0.2) is 0 Å². The average Bonchev–Trinajstić information content (AvgIpc) is 3.38. The number of rotatable bonds is 6. The van der Waals surface area contributed by atoms with Crippen molar-refractivity contribution >= 4 is 18.3 Å². The van der Waals surface area contributed by atoms with Crippen molar-refractivity contribution in [2.45, 2.75) is 70.4 Å². The van der Waals surface area contributed by atoms with Crippen LogP contribution in [0.5, 0.6) is 0 Å². The molecule has 3 rings (SSSR count). The van der Waals surface area contributed by atoms with Gasteiger partial charge >= 0.3 is 0 Å². The summed E-state index contributed by atoms with van der Waals surface area (Å²) < 4.78 is 0. The minimum absolute atomic E-state index is 0. The molecule has 1 unspecified atom stereocenters. The van der Waals surface area contributed by atoms with Crippen LogP contribution in [0.2, 0.25) is 0 Å². The van der Waals surface area contributed by atoms with Gasteiger partial charge in [0.1, 0.15) is 0 Å². The van der Waals surface area contributed by atoms with Gasteiger partial charge in [-0.15, -0.1) is 12.4 Å². The Morgan fingerprint density at radius 2 is 1.78 bits per heavy atom. The zero-order chi connectivity index (χ0) is 15.4. The summed E-state index contributed by atoms with van der Waals surface area (Å²) in [6.45, 7) is 7.23. The summed E-state index contributed by atoms with van der Waals surface area (Å²) in [7, 11) is 0. The van der Waals surface area contributed by atoms with E-state index in [0.29, 0.717) is 24.5 Å². The van der Waals surface area contributed by atoms with E-state index in [9.17, 15) is 4.79 Å². The van der Waals surface area contributed by atoms with Crippen molar-refractivity contribution in [3.63, 3.8) is 0 Å². The van der Waals surface area contributed by atoms with E-state index in [-0.39, 0.29) is 12.4 Å². The maximum Gasteiger partial charge on any atom is 0.236 e. The highest BCUT2D eigenvalue weighted by Gasteiger charge is 2.28. The quantitative estimate of drug-likeness (QED) is 0.805. The third kappa shape index (κ3) is 5.61. The molecule has 1 atom stereocenters. The Kier molecular flexibility index (Phi) is 7.64. The normalized spacial score (nSPS) is 26.8. The van der Waals surface area contributed by atoms with Crippen molar-refractivity contribution in [1.29, 1.82) is 0 Å². The van der Waals surface area contributed by atoms with E-state index in [2.05, 4.69) is 22.0 Å². The van der Waals surface area contributed by atoms with Gasteiger partial charge in [0.05, 0.1) is 6.54 Å². The molecule has 0 aromatic heterocycles. The fraction of sp³-hybridized carbons (Fsp3) is 0.944. The van der Waals surface area contributed by atoms with Gasteiger partial charge in [0, 0.05) is 31.7 Å². The molecule has 0 bridgehead atoms. The van der Waals surface area contributed by atoms with Gasteiger partial charge in [0.15, 0.2) is 0 Å². The molecule has 2 heterocycles. The van der Waals surface area contributed by atoms with E-state index >= 15 is 0 Å². The predicted molar refractivity (Wildman–Crippen MR) is 97.1 cm³/mol. The second-order valence-electron chi connectivity index (χ2n) is 7.55. The molecule has 1 N–H and O–H groups in total. The first-order valence-electron chi connectivity index (χ1n) is 9.51. The van der Waals surface area contributed by atoms with Crippen molar-refractivity contribution in [3.8, 4) is 0 Å². The van der Waals surface area contributed by atoms with Gasteiger partial charge in [-0.1, -0.05) is 6.92 Å². The monoisotopic (exact) mass is 343 g/mol. The van der Waals surface area contributed by atoms with Crippen LogP contribution in [0.4, 0.5) is 0 Å². The molecule has 0 aromatic carbocycles. The van der Waals surface area contributed by atoms with Crippen molar-refractivity contribution in [2.75, 3.05) is 32.7 Å². The summed E-state index contributed by atoms with van der Waals surface area (Å²) >= 11 is 0. The molecule has 0 spiro atoms. The first-order valence-corrected chi connectivity index (χ1v) is 9.51. The molecule has 134 valence electrons. The molecule has 23 heavy (non-hydrogen) atoms. The molecule has 0 aromatic rings. The summed E-state index contributed by atoms with van der Waals surface area (Å²) in [4.78, 5) is 17.2. The van der Waals surface area contributed by atoms with Crippen molar-refractivity contribution < 1.29 is 4.79 Å². The highest BCUT2D eigenvalue weighted by molar-refractivity contribution is 5.85. The molecule has 0 radical (unpaired) electrons. The number of piperidine rings is 2. The Labute approximate surface area is 147 Å². The van der Waals surface area contributed by atoms with Gasteiger partial charge in [-0.2, -0.15) is 0 Å². The molecule has 1 saturated carbocycles. The van der Waals surface area contributed by atoms with Crippen LogP contribution in [0, 0.1) is 5.92 Å². The largest absolute Gasteiger partial charge is 0.339 e. The molecule has 2 aliphatic heterocycles. The molecular formula is C18H34ClN3O. The standard InChI is InChI=1S/C18H33N3O.ClH/c1-2-17-5-3-4-10-21(17)18(22)14-20-11-8-16(9-12-20)19-13-15-6-7-15;/h15-17,19H,2-14H2,1H3;1H. The van der Waals surface area contributed by atoms with Crippen LogP contribution in [0.25, 0.3) is 0 Å². The van der Waals surface area contributed by atoms with Crippen LogP contribution in [0.1, 0.15) is 58.3 Å². The summed E-state index contributed by atoms with van der Waals surface area (Å²) in [6, 6.07) is 1.18. The number of amides is 1. The summed E-state index contributed by atoms with van der Waals surface area (Å²) in [5.74, 6) is 1.33. The Hall–Kier alpha value is -0.320. The van der Waals surface area contributed by atoms with Gasteiger partial charge < -0.3 is 10.2 Å². The molecule has 5 heteroatoms. The van der Waals surface area contributed by atoms with Gasteiger partial charge in [-0.05, 0) is 63.8 Å². The summed E-state index contributed by atoms with van der Waals surface area (Å²) in [6.07, 6.45) is 10.1. The molecule has 3 fully saturated rings. The highest BCUT2D eigenvalue weighted by atomic mass is 35.5. The van der Waals surface area contributed by atoms with Crippen molar-refractivity contribution in [1.82, 2.24) is 15.1 Å². The maximum absolute atomic E-state index is 12.6. The highest BCUT2D eigenvalue weighted by Crippen LogP contribution is 2.28. The van der Waals surface area contributed by atoms with Crippen LogP contribution >= 0.6 is 12.4 Å². The van der Waals surface area contributed by atoms with E-state index in [4.69, 9.17) is 0 Å². The fourth-order valence-corrected chi connectivity index (χ4v) is 3.99. The second kappa shape index (κ2) is 9.24. The third-order valence-corrected chi connectivity index (χ3v) is 5.76. The zero-order valence-electron chi connectivity index (χ0n) is 14.6. The topological polar surface area (TPSA) is 35.6 Å². The predicted octanol–water partition coefficient (Wildman–Crippen LogP) is 2.66. The van der Waals surface area contributed by atoms with Gasteiger partial charge in [0.25, 0.3) is 0 Å². The van der Waals surface area contributed by atoms with E-state index in [1.807, 2.05) is 0 Å². The molecular weight excluding hydrogens is 310 g/mol. The molecule has 3 aliphatic rings. The Morgan fingerprint density at radius 3 is 2.43 bits per heavy atom. The van der Waals surface area contributed by atoms with Crippen molar-refractivity contribution in [3.05, 3.63) is 0 Å². The lowest BCUT2D eigenvalue weighted by atomic mass is 9.99. The van der Waals surface area contributed by atoms with Crippen LogP contribution in [0.3, 0.4) is 0 Å². The fourth-order valence-electron chi connectivity index (χ4n) is 3.99. The lowest BCUT2D eigenvalue weighted by Gasteiger charge is -2.38.